The van der Waals surface area contributed by atoms with Crippen molar-refractivity contribution in [2.24, 2.45) is 0 Å². The topological polar surface area (TPSA) is 103 Å². The Kier molecular flexibility index (Phi) is 6.81. The molecule has 3 aromatic carbocycles. The van der Waals surface area contributed by atoms with E-state index < -0.39 is 10.0 Å². The third kappa shape index (κ3) is 5.82. The van der Waals surface area contributed by atoms with Crippen LogP contribution in [0.2, 0.25) is 0 Å². The fourth-order valence-electron chi connectivity index (χ4n) is 3.26. The van der Waals surface area contributed by atoms with Gasteiger partial charge in [0.15, 0.2) is 11.5 Å². The lowest BCUT2D eigenvalue weighted by Gasteiger charge is -2.10. The van der Waals surface area contributed by atoms with Crippen molar-refractivity contribution in [3.63, 3.8) is 0 Å². The van der Waals surface area contributed by atoms with Crippen LogP contribution in [0.15, 0.2) is 71.6 Å². The van der Waals surface area contributed by atoms with Crippen molar-refractivity contribution in [3.8, 4) is 17.2 Å². The molecule has 172 valence electrons. The van der Waals surface area contributed by atoms with Gasteiger partial charge in [-0.3, -0.25) is 4.79 Å². The van der Waals surface area contributed by atoms with E-state index in [2.05, 4.69) is 10.0 Å². The zero-order valence-corrected chi connectivity index (χ0v) is 18.9. The van der Waals surface area contributed by atoms with Crippen molar-refractivity contribution in [3.05, 3.63) is 83.4 Å². The molecule has 0 fully saturated rings. The molecule has 0 unspecified atom stereocenters. The maximum atomic E-state index is 12.7. The molecule has 0 saturated carbocycles. The molecule has 1 aliphatic rings. The summed E-state index contributed by atoms with van der Waals surface area (Å²) >= 11 is 0. The number of aryl methyl sites for hydroxylation is 1. The molecule has 0 aromatic heterocycles. The molecule has 0 saturated heterocycles. The highest BCUT2D eigenvalue weighted by Gasteiger charge is 2.18. The first-order valence-corrected chi connectivity index (χ1v) is 11.8. The van der Waals surface area contributed by atoms with Gasteiger partial charge in [0.2, 0.25) is 16.8 Å². The zero-order valence-electron chi connectivity index (χ0n) is 18.0. The van der Waals surface area contributed by atoms with Crippen LogP contribution >= 0.6 is 0 Å². The second kappa shape index (κ2) is 9.93. The van der Waals surface area contributed by atoms with E-state index in [1.54, 1.807) is 24.3 Å². The average molecular weight is 469 g/mol. The summed E-state index contributed by atoms with van der Waals surface area (Å²) in [4.78, 5) is 12.5. The van der Waals surface area contributed by atoms with E-state index in [4.69, 9.17) is 14.2 Å². The Balaban J connectivity index is 1.32. The number of ether oxygens (including phenoxy) is 3. The number of nitrogens with one attached hydrogen (secondary N) is 2. The van der Waals surface area contributed by atoms with Crippen molar-refractivity contribution in [1.82, 2.24) is 10.0 Å². The summed E-state index contributed by atoms with van der Waals surface area (Å²) in [6, 6.07) is 18.7. The van der Waals surface area contributed by atoms with Gasteiger partial charge in [-0.2, -0.15) is 0 Å². The first-order chi connectivity index (χ1) is 15.9. The predicted octanol–water partition coefficient (Wildman–Crippen LogP) is 3.01. The van der Waals surface area contributed by atoms with Gasteiger partial charge < -0.3 is 19.5 Å². The molecule has 1 amide bonds. The van der Waals surface area contributed by atoms with Crippen LogP contribution in [0.3, 0.4) is 0 Å². The van der Waals surface area contributed by atoms with Crippen LogP contribution < -0.4 is 24.2 Å². The number of carbonyl (C=O) groups is 1. The number of rotatable bonds is 9. The highest BCUT2D eigenvalue weighted by atomic mass is 32.2. The molecule has 4 rings (SSSR count). The second-order valence-electron chi connectivity index (χ2n) is 7.46. The summed E-state index contributed by atoms with van der Waals surface area (Å²) in [6.07, 6.45) is 0. The number of benzene rings is 3. The van der Waals surface area contributed by atoms with Crippen LogP contribution in [0.1, 0.15) is 21.5 Å². The molecule has 2 N–H and O–H groups in total. The molecule has 3 aromatic rings. The maximum Gasteiger partial charge on any atom is 0.251 e. The van der Waals surface area contributed by atoms with E-state index >= 15 is 0 Å². The number of sulfonamides is 1. The monoisotopic (exact) mass is 468 g/mol. The molecule has 33 heavy (non-hydrogen) atoms. The summed E-state index contributed by atoms with van der Waals surface area (Å²) in [7, 11) is -3.82. The third-order valence-corrected chi connectivity index (χ3v) is 6.35. The lowest BCUT2D eigenvalue weighted by Crippen LogP contribution is -2.28. The summed E-state index contributed by atoms with van der Waals surface area (Å²) in [6.45, 7) is 2.78. The summed E-state index contributed by atoms with van der Waals surface area (Å²) in [5.74, 6) is 1.56. The predicted molar refractivity (Wildman–Crippen MR) is 122 cm³/mol. The van der Waals surface area contributed by atoms with Gasteiger partial charge in [0.25, 0.3) is 5.91 Å². The minimum Gasteiger partial charge on any atom is -0.492 e. The summed E-state index contributed by atoms with van der Waals surface area (Å²) in [5.41, 5.74) is 2.06. The lowest BCUT2D eigenvalue weighted by molar-refractivity contribution is 0.0946. The van der Waals surface area contributed by atoms with Gasteiger partial charge in [-0.1, -0.05) is 24.3 Å². The number of hydrogen-bond donors (Lipinski definition) is 2. The number of carbonyl (C=O) groups excluding carboxylic acids is 1. The van der Waals surface area contributed by atoms with Crippen LogP contribution in [0.5, 0.6) is 17.2 Å². The Morgan fingerprint density at radius 2 is 1.82 bits per heavy atom. The van der Waals surface area contributed by atoms with Crippen LogP contribution in [0.4, 0.5) is 0 Å². The smallest absolute Gasteiger partial charge is 0.251 e. The Hall–Kier alpha value is -3.56. The van der Waals surface area contributed by atoms with E-state index in [1.165, 1.54) is 18.2 Å². The van der Waals surface area contributed by atoms with Gasteiger partial charge >= 0.3 is 0 Å². The Morgan fingerprint density at radius 3 is 2.67 bits per heavy atom. The Morgan fingerprint density at radius 1 is 1.00 bits per heavy atom. The number of hydrogen-bond acceptors (Lipinski definition) is 6. The third-order valence-electron chi connectivity index (χ3n) is 4.96. The van der Waals surface area contributed by atoms with Crippen molar-refractivity contribution in [2.75, 3.05) is 19.9 Å². The van der Waals surface area contributed by atoms with E-state index in [1.807, 2.05) is 31.2 Å². The van der Waals surface area contributed by atoms with Crippen LogP contribution in [0, 0.1) is 6.92 Å². The van der Waals surface area contributed by atoms with Crippen molar-refractivity contribution < 1.29 is 27.4 Å². The summed E-state index contributed by atoms with van der Waals surface area (Å²) in [5, 5.41) is 2.74. The second-order valence-corrected chi connectivity index (χ2v) is 9.23. The van der Waals surface area contributed by atoms with E-state index in [-0.39, 0.29) is 36.2 Å². The molecule has 0 atom stereocenters. The molecule has 1 aliphatic heterocycles. The van der Waals surface area contributed by atoms with E-state index in [9.17, 15) is 13.2 Å². The van der Waals surface area contributed by atoms with Crippen LogP contribution in [-0.2, 0) is 16.6 Å². The molecule has 1 heterocycles. The highest BCUT2D eigenvalue weighted by molar-refractivity contribution is 7.89. The van der Waals surface area contributed by atoms with Gasteiger partial charge in [0.1, 0.15) is 12.4 Å². The molecule has 0 spiro atoms. The normalized spacial score (nSPS) is 12.4. The first-order valence-electron chi connectivity index (χ1n) is 10.4. The molecule has 9 heteroatoms. The quantitative estimate of drug-likeness (QED) is 0.468. The van der Waals surface area contributed by atoms with Gasteiger partial charge in [-0.25, -0.2) is 13.1 Å². The Bertz CT molecular complexity index is 1260. The highest BCUT2D eigenvalue weighted by Crippen LogP contribution is 2.32. The number of fused-ring (bicyclic) bond motifs is 1. The van der Waals surface area contributed by atoms with E-state index in [0.717, 1.165) is 16.9 Å². The van der Waals surface area contributed by atoms with E-state index in [0.29, 0.717) is 18.1 Å². The fraction of sp³-hybridized carbons (Fsp3) is 0.208. The van der Waals surface area contributed by atoms with Gasteiger partial charge in [0, 0.05) is 12.1 Å². The standard InChI is InChI=1S/C24H24N2O6S/c1-17-4-2-6-20(12-17)30-11-10-25-24(27)19-5-3-7-21(14-19)33(28,29)26-15-18-8-9-22-23(13-18)32-16-31-22/h2-9,12-14,26H,10-11,15-16H2,1H3,(H,25,27). The van der Waals surface area contributed by atoms with Crippen molar-refractivity contribution in [1.29, 1.82) is 0 Å². The first kappa shape index (κ1) is 22.6. The Labute approximate surface area is 192 Å². The van der Waals surface area contributed by atoms with Gasteiger partial charge in [-0.15, -0.1) is 0 Å². The van der Waals surface area contributed by atoms with Crippen molar-refractivity contribution >= 4 is 15.9 Å². The fourth-order valence-corrected chi connectivity index (χ4v) is 4.32. The lowest BCUT2D eigenvalue weighted by atomic mass is 10.2. The molecule has 0 bridgehead atoms. The minimum atomic E-state index is -3.82. The zero-order chi connectivity index (χ0) is 23.3. The molecule has 0 aliphatic carbocycles. The number of amides is 1. The van der Waals surface area contributed by atoms with Gasteiger partial charge in [0.05, 0.1) is 11.4 Å². The van der Waals surface area contributed by atoms with Crippen LogP contribution in [-0.4, -0.2) is 34.3 Å². The SMILES string of the molecule is Cc1cccc(OCCNC(=O)c2cccc(S(=O)(=O)NCc3ccc4c(c3)OCO4)c2)c1. The minimum absolute atomic E-state index is 0.00639. The van der Waals surface area contributed by atoms with Gasteiger partial charge in [-0.05, 0) is 60.5 Å². The molecular formula is C24H24N2O6S. The summed E-state index contributed by atoms with van der Waals surface area (Å²) < 4.78 is 44.2. The molecular weight excluding hydrogens is 444 g/mol. The van der Waals surface area contributed by atoms with Crippen LogP contribution in [0.25, 0.3) is 0 Å². The molecule has 0 radical (unpaired) electrons. The average Bonchev–Trinajstić information content (AvgIpc) is 3.29. The van der Waals surface area contributed by atoms with Crippen molar-refractivity contribution in [2.45, 2.75) is 18.4 Å². The largest absolute Gasteiger partial charge is 0.492 e. The molecule has 8 nitrogen and oxygen atoms in total. The maximum absolute atomic E-state index is 12.7.